The molecule has 4 unspecified atom stereocenters. The first-order chi connectivity index (χ1) is 19.5. The van der Waals surface area contributed by atoms with Gasteiger partial charge in [-0.2, -0.15) is 0 Å². The van der Waals surface area contributed by atoms with E-state index < -0.39 is 60.2 Å². The van der Waals surface area contributed by atoms with E-state index in [-0.39, 0.29) is 18.6 Å². The molecule has 0 radical (unpaired) electrons. The zero-order valence-corrected chi connectivity index (χ0v) is 22.5. The van der Waals surface area contributed by atoms with Crippen LogP contribution in [0.15, 0.2) is 54.6 Å². The summed E-state index contributed by atoms with van der Waals surface area (Å²) in [4.78, 5) is 62.1. The predicted molar refractivity (Wildman–Crippen MR) is 149 cm³/mol. The number of unbranched alkanes of at least 4 members (excludes halogenated alkanes) is 1. The highest BCUT2D eigenvalue weighted by molar-refractivity contribution is 5.95. The number of carbonyl (C=O) groups excluding carboxylic acids is 3. The molecule has 0 bridgehead atoms. The molecule has 3 amide bonds. The van der Waals surface area contributed by atoms with E-state index in [1.807, 2.05) is 0 Å². The van der Waals surface area contributed by atoms with Gasteiger partial charge >= 0.3 is 11.9 Å². The van der Waals surface area contributed by atoms with Gasteiger partial charge in [-0.1, -0.05) is 48.9 Å². The molecule has 222 valence electrons. The van der Waals surface area contributed by atoms with Gasteiger partial charge in [0.15, 0.2) is 0 Å². The lowest BCUT2D eigenvalue weighted by Crippen LogP contribution is -2.58. The van der Waals surface area contributed by atoms with Crippen LogP contribution in [0.25, 0.3) is 0 Å². The highest BCUT2D eigenvalue weighted by atomic mass is 16.4. The topological polar surface area (TPSA) is 234 Å². The molecule has 0 spiro atoms. The molecule has 2 aromatic carbocycles. The largest absolute Gasteiger partial charge is 0.508 e. The monoisotopic (exact) mass is 571 g/mol. The minimum Gasteiger partial charge on any atom is -0.508 e. The van der Waals surface area contributed by atoms with E-state index in [1.54, 1.807) is 42.5 Å². The van der Waals surface area contributed by atoms with Gasteiger partial charge in [-0.3, -0.25) is 19.2 Å². The van der Waals surface area contributed by atoms with Gasteiger partial charge in [0, 0.05) is 12.8 Å². The number of nitrogens with two attached hydrogens (primary N) is 2. The smallest absolute Gasteiger partial charge is 0.326 e. The number of hydrogen-bond donors (Lipinski definition) is 8. The molecule has 0 heterocycles. The number of carboxylic acids is 2. The molecule has 0 saturated carbocycles. The average molecular weight is 572 g/mol. The molecule has 41 heavy (non-hydrogen) atoms. The van der Waals surface area contributed by atoms with Crippen LogP contribution in [0.5, 0.6) is 5.75 Å². The van der Waals surface area contributed by atoms with Crippen molar-refractivity contribution in [1.82, 2.24) is 16.0 Å². The third-order valence-corrected chi connectivity index (χ3v) is 6.22. The Kier molecular flexibility index (Phi) is 13.2. The first-order valence-electron chi connectivity index (χ1n) is 13.1. The number of phenolic OH excluding ortho intramolecular Hbond substituents is 1. The van der Waals surface area contributed by atoms with Gasteiger partial charge in [0.25, 0.3) is 0 Å². The van der Waals surface area contributed by atoms with E-state index in [4.69, 9.17) is 16.6 Å². The standard InChI is InChI=1S/C28H37N5O8/c29-13-5-4-8-20(30)25(37)31-21(15-18-9-11-19(34)12-10-18)26(38)32-22(14-17-6-2-1-3-7-17)27(39)33-23(28(40)41)16-24(35)36/h1-3,6-7,9-12,20-23,34H,4-5,8,13-16,29-30H2,(H,31,37)(H,32,38)(H,33,39)(H,35,36)(H,40,41). The number of carbonyl (C=O) groups is 5. The highest BCUT2D eigenvalue weighted by Crippen LogP contribution is 2.13. The van der Waals surface area contributed by atoms with E-state index >= 15 is 0 Å². The third-order valence-electron chi connectivity index (χ3n) is 6.22. The summed E-state index contributed by atoms with van der Waals surface area (Å²) in [5, 5.41) is 35.4. The molecule has 0 fully saturated rings. The molecule has 0 aliphatic carbocycles. The average Bonchev–Trinajstić information content (AvgIpc) is 2.93. The Morgan fingerprint density at radius 1 is 0.707 bits per heavy atom. The van der Waals surface area contributed by atoms with Crippen molar-refractivity contribution in [3.05, 3.63) is 65.7 Å². The number of phenols is 1. The normalized spacial score (nSPS) is 13.7. The molecule has 10 N–H and O–H groups in total. The zero-order valence-electron chi connectivity index (χ0n) is 22.5. The molecule has 13 heteroatoms. The lowest BCUT2D eigenvalue weighted by molar-refractivity contribution is -0.147. The first kappa shape index (κ1) is 32.7. The van der Waals surface area contributed by atoms with Gasteiger partial charge in [0.2, 0.25) is 17.7 Å². The lowest BCUT2D eigenvalue weighted by atomic mass is 10.0. The summed E-state index contributed by atoms with van der Waals surface area (Å²) in [6.45, 7) is 0.445. The second-order valence-electron chi connectivity index (χ2n) is 9.57. The summed E-state index contributed by atoms with van der Waals surface area (Å²) in [7, 11) is 0. The van der Waals surface area contributed by atoms with Crippen molar-refractivity contribution in [2.45, 2.75) is 62.7 Å². The Labute approximate surface area is 237 Å². The van der Waals surface area contributed by atoms with Crippen LogP contribution in [-0.4, -0.2) is 75.7 Å². The molecule has 0 saturated heterocycles. The van der Waals surface area contributed by atoms with Crippen LogP contribution in [0.3, 0.4) is 0 Å². The van der Waals surface area contributed by atoms with Gasteiger partial charge < -0.3 is 42.7 Å². The maximum absolute atomic E-state index is 13.5. The summed E-state index contributed by atoms with van der Waals surface area (Å²) >= 11 is 0. The SMILES string of the molecule is NCCCCC(N)C(=O)NC(Cc1ccc(O)cc1)C(=O)NC(Cc1ccccc1)C(=O)NC(CC(=O)O)C(=O)O. The van der Waals surface area contributed by atoms with Gasteiger partial charge in [0.1, 0.15) is 23.9 Å². The molecule has 0 aliphatic rings. The van der Waals surface area contributed by atoms with Crippen LogP contribution >= 0.6 is 0 Å². The van der Waals surface area contributed by atoms with Crippen molar-refractivity contribution in [3.8, 4) is 5.75 Å². The number of aromatic hydroxyl groups is 1. The minimum atomic E-state index is -1.73. The Hall–Kier alpha value is -4.49. The molecule has 4 atom stereocenters. The summed E-state index contributed by atoms with van der Waals surface area (Å²) in [6, 6.07) is 9.45. The number of rotatable bonds is 17. The zero-order chi connectivity index (χ0) is 30.4. The number of hydrogen-bond acceptors (Lipinski definition) is 8. The van der Waals surface area contributed by atoms with Crippen LogP contribution in [0.1, 0.15) is 36.8 Å². The lowest BCUT2D eigenvalue weighted by Gasteiger charge is -2.25. The minimum absolute atomic E-state index is 0.00894. The molecule has 0 aliphatic heterocycles. The second kappa shape index (κ2) is 16.6. The fraction of sp³-hybridized carbons (Fsp3) is 0.393. The molecular formula is C28H37N5O8. The maximum Gasteiger partial charge on any atom is 0.326 e. The fourth-order valence-electron chi connectivity index (χ4n) is 3.97. The van der Waals surface area contributed by atoms with Crippen molar-refractivity contribution in [2.24, 2.45) is 11.5 Å². The third kappa shape index (κ3) is 11.6. The quantitative estimate of drug-likeness (QED) is 0.115. The van der Waals surface area contributed by atoms with E-state index in [1.165, 1.54) is 12.1 Å². The van der Waals surface area contributed by atoms with E-state index in [2.05, 4.69) is 16.0 Å². The van der Waals surface area contributed by atoms with Gasteiger partial charge in [-0.15, -0.1) is 0 Å². The molecule has 13 nitrogen and oxygen atoms in total. The van der Waals surface area contributed by atoms with Crippen molar-refractivity contribution in [1.29, 1.82) is 0 Å². The van der Waals surface area contributed by atoms with Crippen LogP contribution < -0.4 is 27.4 Å². The molecule has 2 rings (SSSR count). The Balaban J connectivity index is 2.30. The van der Waals surface area contributed by atoms with Crippen molar-refractivity contribution in [3.63, 3.8) is 0 Å². The van der Waals surface area contributed by atoms with Crippen LogP contribution in [0, 0.1) is 0 Å². The molecule has 2 aromatic rings. The van der Waals surface area contributed by atoms with E-state index in [0.717, 1.165) is 0 Å². The molecule has 0 aromatic heterocycles. The maximum atomic E-state index is 13.5. The predicted octanol–water partition coefficient (Wildman–Crippen LogP) is -0.353. The van der Waals surface area contributed by atoms with Gasteiger partial charge in [-0.25, -0.2) is 4.79 Å². The summed E-state index contributed by atoms with van der Waals surface area (Å²) in [6.07, 6.45) is 0.707. The van der Waals surface area contributed by atoms with Gasteiger partial charge in [-0.05, 0) is 42.6 Å². The van der Waals surface area contributed by atoms with Crippen molar-refractivity contribution < 1.29 is 39.3 Å². The van der Waals surface area contributed by atoms with Crippen LogP contribution in [0.2, 0.25) is 0 Å². The summed E-state index contributed by atoms with van der Waals surface area (Å²) in [5.41, 5.74) is 12.7. The van der Waals surface area contributed by atoms with Crippen molar-refractivity contribution >= 4 is 29.7 Å². The summed E-state index contributed by atoms with van der Waals surface area (Å²) < 4.78 is 0. The Morgan fingerprint density at radius 2 is 1.22 bits per heavy atom. The van der Waals surface area contributed by atoms with Crippen LogP contribution in [-0.2, 0) is 36.8 Å². The highest BCUT2D eigenvalue weighted by Gasteiger charge is 2.31. The number of carboxylic acid groups (broad SMARTS) is 2. The Morgan fingerprint density at radius 3 is 1.73 bits per heavy atom. The summed E-state index contributed by atoms with van der Waals surface area (Å²) in [5.74, 6) is -5.22. The van der Waals surface area contributed by atoms with Crippen molar-refractivity contribution in [2.75, 3.05) is 6.54 Å². The van der Waals surface area contributed by atoms with E-state index in [0.29, 0.717) is 36.9 Å². The number of amides is 3. The Bertz CT molecular complexity index is 1180. The van der Waals surface area contributed by atoms with Gasteiger partial charge in [0.05, 0.1) is 12.5 Å². The second-order valence-corrected chi connectivity index (χ2v) is 9.57. The number of benzene rings is 2. The molecular weight excluding hydrogens is 534 g/mol. The van der Waals surface area contributed by atoms with E-state index in [9.17, 15) is 34.2 Å². The number of nitrogens with one attached hydrogen (secondary N) is 3. The number of aliphatic carboxylic acids is 2. The fourth-order valence-corrected chi connectivity index (χ4v) is 3.97. The first-order valence-corrected chi connectivity index (χ1v) is 13.1. The van der Waals surface area contributed by atoms with Crippen LogP contribution in [0.4, 0.5) is 0 Å².